The van der Waals surface area contributed by atoms with Gasteiger partial charge in [-0.05, 0) is 29.8 Å². The zero-order chi connectivity index (χ0) is 23.6. The average Bonchev–Trinajstić information content (AvgIpc) is 3.12. The summed E-state index contributed by atoms with van der Waals surface area (Å²) in [6.45, 7) is -1.04. The van der Waals surface area contributed by atoms with E-state index in [-0.39, 0.29) is 28.8 Å². The molecule has 1 saturated heterocycles. The third-order valence-electron chi connectivity index (χ3n) is 6.01. The van der Waals surface area contributed by atoms with Crippen molar-refractivity contribution in [3.8, 4) is 17.2 Å². The van der Waals surface area contributed by atoms with Gasteiger partial charge in [0.25, 0.3) is 5.78 Å². The molecule has 176 valence electrons. The molecule has 1 spiro atoms. The van der Waals surface area contributed by atoms with Crippen LogP contribution in [-0.4, -0.2) is 80.1 Å². The number of rotatable bonds is 8. The van der Waals surface area contributed by atoms with E-state index in [9.17, 15) is 25.2 Å². The predicted molar refractivity (Wildman–Crippen MR) is 110 cm³/mol. The smallest absolute Gasteiger partial charge is 0.261 e. The standard InChI is InChI=1S/C22H28O10/c1-28-14-5-11(6-15(29-2)18(14)26)20-12(9-23)22(21(32-20)13(25)10-24)7-16(30-3)19(27)17(8-22)31-4/h5-8,12-13,20-21,23-26H,9-10H2,1-4H3/t12-,13+,20-,21-/m1/s1. The Morgan fingerprint density at radius 3 is 1.94 bits per heavy atom. The molecule has 1 aromatic rings. The lowest BCUT2D eigenvalue weighted by molar-refractivity contribution is -0.119. The normalized spacial score (nSPS) is 25.2. The van der Waals surface area contributed by atoms with Gasteiger partial charge in [-0.25, -0.2) is 0 Å². The van der Waals surface area contributed by atoms with Crippen molar-refractivity contribution in [1.29, 1.82) is 0 Å². The van der Waals surface area contributed by atoms with Crippen LogP contribution in [0.2, 0.25) is 0 Å². The number of hydrogen-bond donors (Lipinski definition) is 4. The number of aliphatic hydroxyl groups excluding tert-OH is 3. The van der Waals surface area contributed by atoms with Gasteiger partial charge < -0.3 is 44.1 Å². The highest BCUT2D eigenvalue weighted by molar-refractivity contribution is 6.06. The molecular weight excluding hydrogens is 424 g/mol. The molecule has 1 aromatic carbocycles. The number of carbonyl (C=O) groups is 1. The molecule has 4 N–H and O–H groups in total. The van der Waals surface area contributed by atoms with Gasteiger partial charge in [-0.15, -0.1) is 0 Å². The minimum atomic E-state index is -1.35. The Labute approximate surface area is 185 Å². The Morgan fingerprint density at radius 2 is 1.53 bits per heavy atom. The van der Waals surface area contributed by atoms with Crippen molar-refractivity contribution >= 4 is 5.78 Å². The zero-order valence-corrected chi connectivity index (χ0v) is 18.3. The summed E-state index contributed by atoms with van der Waals surface area (Å²) in [5.74, 6) is -1.27. The van der Waals surface area contributed by atoms with Crippen LogP contribution in [0.15, 0.2) is 35.8 Å². The largest absolute Gasteiger partial charge is 0.502 e. The van der Waals surface area contributed by atoms with Crippen LogP contribution >= 0.6 is 0 Å². The van der Waals surface area contributed by atoms with E-state index >= 15 is 0 Å². The topological polar surface area (TPSA) is 144 Å². The van der Waals surface area contributed by atoms with Gasteiger partial charge in [-0.2, -0.15) is 0 Å². The highest BCUT2D eigenvalue weighted by Gasteiger charge is 2.59. The monoisotopic (exact) mass is 452 g/mol. The quantitative estimate of drug-likeness (QED) is 0.438. The first-order valence-corrected chi connectivity index (χ1v) is 9.90. The van der Waals surface area contributed by atoms with Crippen LogP contribution in [0.1, 0.15) is 11.7 Å². The lowest BCUT2D eigenvalue weighted by Gasteiger charge is -2.37. The second-order valence-electron chi connectivity index (χ2n) is 7.54. The van der Waals surface area contributed by atoms with Crippen LogP contribution < -0.4 is 9.47 Å². The molecule has 1 aliphatic heterocycles. The van der Waals surface area contributed by atoms with Crippen molar-refractivity contribution in [2.24, 2.45) is 11.3 Å². The van der Waals surface area contributed by atoms with Crippen LogP contribution in [0.5, 0.6) is 17.2 Å². The Morgan fingerprint density at radius 1 is 1.00 bits per heavy atom. The summed E-state index contributed by atoms with van der Waals surface area (Å²) in [5, 5.41) is 41.0. The number of Topliss-reactive ketones (excluding diaryl/α,β-unsaturated/α-hetero) is 1. The van der Waals surface area contributed by atoms with E-state index < -0.39 is 48.6 Å². The van der Waals surface area contributed by atoms with Gasteiger partial charge >= 0.3 is 0 Å². The maximum Gasteiger partial charge on any atom is 0.261 e. The van der Waals surface area contributed by atoms with E-state index in [1.807, 2.05) is 0 Å². The first-order chi connectivity index (χ1) is 15.3. The predicted octanol–water partition coefficient (Wildman–Crippen LogP) is 0.441. The number of benzene rings is 1. The fourth-order valence-corrected chi connectivity index (χ4v) is 4.44. The van der Waals surface area contributed by atoms with Crippen molar-refractivity contribution in [2.75, 3.05) is 41.7 Å². The van der Waals surface area contributed by atoms with E-state index in [2.05, 4.69) is 0 Å². The van der Waals surface area contributed by atoms with Crippen molar-refractivity contribution in [3.63, 3.8) is 0 Å². The highest BCUT2D eigenvalue weighted by atomic mass is 16.5. The van der Waals surface area contributed by atoms with Gasteiger partial charge in [0.2, 0.25) is 5.75 Å². The third-order valence-corrected chi connectivity index (χ3v) is 6.01. The lowest BCUT2D eigenvalue weighted by Crippen LogP contribution is -2.45. The molecule has 3 rings (SSSR count). The molecule has 0 bridgehead atoms. The van der Waals surface area contributed by atoms with Crippen LogP contribution in [-0.2, 0) is 19.0 Å². The van der Waals surface area contributed by atoms with Gasteiger partial charge in [0.05, 0.1) is 52.7 Å². The summed E-state index contributed by atoms with van der Waals surface area (Å²) in [5.41, 5.74) is -0.774. The molecule has 4 atom stereocenters. The van der Waals surface area contributed by atoms with Crippen LogP contribution in [0.4, 0.5) is 0 Å². The second kappa shape index (κ2) is 9.37. The van der Waals surface area contributed by atoms with E-state index in [0.717, 1.165) is 0 Å². The van der Waals surface area contributed by atoms with E-state index in [0.29, 0.717) is 5.56 Å². The van der Waals surface area contributed by atoms with Crippen LogP contribution in [0.25, 0.3) is 0 Å². The van der Waals surface area contributed by atoms with Gasteiger partial charge in [0, 0.05) is 12.5 Å². The first-order valence-electron chi connectivity index (χ1n) is 9.90. The van der Waals surface area contributed by atoms with Crippen LogP contribution in [0, 0.1) is 11.3 Å². The Kier molecular flexibility index (Phi) is 6.99. The molecule has 1 heterocycles. The molecule has 0 radical (unpaired) electrons. The minimum absolute atomic E-state index is 0.0388. The maximum absolute atomic E-state index is 12.6. The number of phenols is 1. The summed E-state index contributed by atoms with van der Waals surface area (Å²) in [7, 11) is 5.41. The minimum Gasteiger partial charge on any atom is -0.502 e. The zero-order valence-electron chi connectivity index (χ0n) is 18.3. The molecule has 0 unspecified atom stereocenters. The molecule has 10 heteroatoms. The van der Waals surface area contributed by atoms with E-state index in [4.69, 9.17) is 23.7 Å². The third kappa shape index (κ3) is 3.69. The van der Waals surface area contributed by atoms with Gasteiger partial charge in [0.15, 0.2) is 23.0 Å². The van der Waals surface area contributed by atoms with Gasteiger partial charge in [-0.1, -0.05) is 0 Å². The van der Waals surface area contributed by atoms with Crippen molar-refractivity contribution in [2.45, 2.75) is 18.3 Å². The molecular formula is C22H28O10. The van der Waals surface area contributed by atoms with Crippen molar-refractivity contribution in [3.05, 3.63) is 41.4 Å². The fourth-order valence-electron chi connectivity index (χ4n) is 4.44. The number of aromatic hydroxyl groups is 1. The number of aliphatic hydroxyl groups is 3. The van der Waals surface area contributed by atoms with Gasteiger partial charge in [0.1, 0.15) is 6.10 Å². The summed E-state index contributed by atoms with van der Waals surface area (Å²) in [6, 6.07) is 3.06. The summed E-state index contributed by atoms with van der Waals surface area (Å²) >= 11 is 0. The molecule has 10 nitrogen and oxygen atoms in total. The molecule has 32 heavy (non-hydrogen) atoms. The number of hydrogen-bond acceptors (Lipinski definition) is 10. The molecule has 1 aliphatic carbocycles. The van der Waals surface area contributed by atoms with Crippen molar-refractivity contribution in [1.82, 2.24) is 0 Å². The number of ether oxygens (including phenoxy) is 5. The second-order valence-corrected chi connectivity index (χ2v) is 7.54. The Hall–Kier alpha value is -2.79. The van der Waals surface area contributed by atoms with E-state index in [1.165, 1.54) is 52.7 Å². The molecule has 2 aliphatic rings. The summed E-state index contributed by atoms with van der Waals surface area (Å²) in [4.78, 5) is 12.6. The first kappa shape index (κ1) is 23.9. The van der Waals surface area contributed by atoms with Gasteiger partial charge in [-0.3, -0.25) is 4.79 Å². The maximum atomic E-state index is 12.6. The number of phenolic OH excluding ortho intramolecular Hbond substituents is 1. The SMILES string of the molecule is COC1=CC2(C=C(OC)C1=O)[C@H](CO)[C@@H](c1cc(OC)c(O)c(OC)c1)O[C@@H]2[C@@H](O)CO. The summed E-state index contributed by atoms with van der Waals surface area (Å²) in [6.07, 6.45) is -0.295. The lowest BCUT2D eigenvalue weighted by atomic mass is 9.67. The highest BCUT2D eigenvalue weighted by Crippen LogP contribution is 2.56. The molecule has 0 amide bonds. The number of ketones is 1. The average molecular weight is 452 g/mol. The fraction of sp³-hybridized carbons (Fsp3) is 0.500. The summed E-state index contributed by atoms with van der Waals surface area (Å²) < 4.78 is 27.1. The number of carbonyl (C=O) groups excluding carboxylic acids is 1. The molecule has 0 aromatic heterocycles. The molecule has 1 fully saturated rings. The Balaban J connectivity index is 2.22. The Bertz CT molecular complexity index is 872. The molecule has 0 saturated carbocycles. The number of methoxy groups -OCH3 is 4. The van der Waals surface area contributed by atoms with E-state index in [1.54, 1.807) is 0 Å². The van der Waals surface area contributed by atoms with Crippen LogP contribution in [0.3, 0.4) is 0 Å². The van der Waals surface area contributed by atoms with Crippen molar-refractivity contribution < 1.29 is 48.9 Å².